The van der Waals surface area contributed by atoms with Crippen LogP contribution in [0, 0.1) is 11.8 Å². The summed E-state index contributed by atoms with van der Waals surface area (Å²) in [6, 6.07) is -0.141. The lowest BCUT2D eigenvalue weighted by Gasteiger charge is -2.29. The van der Waals surface area contributed by atoms with Gasteiger partial charge in [0.15, 0.2) is 0 Å². The van der Waals surface area contributed by atoms with E-state index in [4.69, 9.17) is 5.73 Å². The summed E-state index contributed by atoms with van der Waals surface area (Å²) < 4.78 is 0. The third kappa shape index (κ3) is 13.3. The molecule has 0 spiro atoms. The average Bonchev–Trinajstić information content (AvgIpc) is 3.50. The number of rotatable bonds is 10. The molecular formula is C35H50N8O9S2. The highest BCUT2D eigenvalue weighted by atomic mass is 33.1. The number of aliphatic carboxylic acids is 1. The fourth-order valence-corrected chi connectivity index (χ4v) is 8.03. The lowest BCUT2D eigenvalue weighted by Crippen LogP contribution is -2.61. The molecule has 1 aliphatic heterocycles. The topological polar surface area (TPSA) is 271 Å². The van der Waals surface area contributed by atoms with Gasteiger partial charge in [-0.3, -0.25) is 38.4 Å². The standard InChI is InChI=1S/C35H50N8O9S2/c1-17(2)12-24-32(49)40-25(13-20-14-37-22-9-7-6-8-21(20)22)33(50)39-23(10-11-28(45)46)31(48)42-26(30(36)47)15-53-54-16-27(38-19(5)44)34(51)43-29(18(3)4)35(52)41-24/h6-9,14,17-18,23-27,29,37H,10-13,15-16H2,1-5H3,(H2,36,47)(H,38,44)(H,39,50)(H,40,49)(H,41,52)(H,42,48)(H,43,51)(H,45,46)/t23-,24+,25-,26+,27+,29-/m1/s1. The maximum absolute atomic E-state index is 14.1. The number of fused-ring (bicyclic) bond motifs is 1. The van der Waals surface area contributed by atoms with Crippen molar-refractivity contribution >= 4 is 79.8 Å². The van der Waals surface area contributed by atoms with Crippen molar-refractivity contribution in [2.75, 3.05) is 11.5 Å². The highest BCUT2D eigenvalue weighted by Crippen LogP contribution is 2.24. The van der Waals surface area contributed by atoms with Gasteiger partial charge in [-0.25, -0.2) is 0 Å². The van der Waals surface area contributed by atoms with E-state index in [0.29, 0.717) is 5.56 Å². The molecule has 10 N–H and O–H groups in total. The number of aromatic amines is 1. The Balaban J connectivity index is 2.08. The van der Waals surface area contributed by atoms with Crippen molar-refractivity contribution < 1.29 is 43.5 Å². The van der Waals surface area contributed by atoms with Crippen molar-refractivity contribution in [3.8, 4) is 0 Å². The van der Waals surface area contributed by atoms with Crippen LogP contribution in [0.4, 0.5) is 0 Å². The number of benzene rings is 1. The number of nitrogens with two attached hydrogens (primary N) is 1. The summed E-state index contributed by atoms with van der Waals surface area (Å²) in [6.07, 6.45) is 0.892. The molecule has 0 radical (unpaired) electrons. The summed E-state index contributed by atoms with van der Waals surface area (Å²) in [7, 11) is 2.16. The van der Waals surface area contributed by atoms with Crippen molar-refractivity contribution in [1.82, 2.24) is 36.9 Å². The van der Waals surface area contributed by atoms with Crippen LogP contribution in [0.15, 0.2) is 30.5 Å². The van der Waals surface area contributed by atoms with Crippen LogP contribution in [-0.4, -0.2) is 105 Å². The van der Waals surface area contributed by atoms with Crippen LogP contribution in [0.2, 0.25) is 0 Å². The number of H-pyrrole nitrogens is 1. The average molecular weight is 791 g/mol. The fraction of sp³-hybridized carbons (Fsp3) is 0.543. The summed E-state index contributed by atoms with van der Waals surface area (Å²) >= 11 is 0. The molecule has 19 heteroatoms. The highest BCUT2D eigenvalue weighted by molar-refractivity contribution is 8.76. The van der Waals surface area contributed by atoms with Crippen LogP contribution in [0.25, 0.3) is 10.9 Å². The van der Waals surface area contributed by atoms with E-state index in [1.165, 1.54) is 6.92 Å². The Hall–Kier alpha value is -4.78. The van der Waals surface area contributed by atoms with E-state index in [-0.39, 0.29) is 36.7 Å². The van der Waals surface area contributed by atoms with Gasteiger partial charge < -0.3 is 47.7 Å². The van der Waals surface area contributed by atoms with E-state index in [1.54, 1.807) is 26.1 Å². The Kier molecular flexibility index (Phi) is 16.7. The minimum absolute atomic E-state index is 0.00453. The number of aromatic nitrogens is 1. The van der Waals surface area contributed by atoms with Crippen LogP contribution in [0.3, 0.4) is 0 Å². The van der Waals surface area contributed by atoms with Crippen molar-refractivity contribution in [2.24, 2.45) is 17.6 Å². The predicted octanol–water partition coefficient (Wildman–Crippen LogP) is 0.0863. The fourth-order valence-electron chi connectivity index (χ4n) is 5.69. The maximum Gasteiger partial charge on any atom is 0.303 e. The summed E-state index contributed by atoms with van der Waals surface area (Å²) in [6.45, 7) is 8.33. The molecule has 0 saturated carbocycles. The molecule has 6 atom stereocenters. The number of carbonyl (C=O) groups excluding carboxylic acids is 7. The van der Waals surface area contributed by atoms with Gasteiger partial charge >= 0.3 is 5.97 Å². The van der Waals surface area contributed by atoms with Crippen molar-refractivity contribution in [3.05, 3.63) is 36.0 Å². The first-order chi connectivity index (χ1) is 25.5. The number of carboxylic acids is 1. The zero-order valence-corrected chi connectivity index (χ0v) is 32.5. The normalized spacial score (nSPS) is 24.2. The predicted molar refractivity (Wildman–Crippen MR) is 205 cm³/mol. The van der Waals surface area contributed by atoms with Gasteiger partial charge in [-0.2, -0.15) is 0 Å². The first-order valence-electron chi connectivity index (χ1n) is 17.6. The Morgan fingerprint density at radius 3 is 2.07 bits per heavy atom. The summed E-state index contributed by atoms with van der Waals surface area (Å²) in [4.78, 5) is 108. The molecule has 0 aliphatic carbocycles. The second-order valence-electron chi connectivity index (χ2n) is 13.8. The number of hydrogen-bond donors (Lipinski definition) is 9. The molecule has 1 saturated heterocycles. The molecule has 0 bridgehead atoms. The van der Waals surface area contributed by atoms with Gasteiger partial charge in [-0.1, -0.05) is 67.5 Å². The molecule has 3 rings (SSSR count). The summed E-state index contributed by atoms with van der Waals surface area (Å²) in [5, 5.41) is 26.0. The first-order valence-corrected chi connectivity index (χ1v) is 20.0. The summed E-state index contributed by atoms with van der Waals surface area (Å²) in [5.41, 5.74) is 7.01. The molecule has 296 valence electrons. The van der Waals surface area contributed by atoms with E-state index in [1.807, 2.05) is 32.0 Å². The molecule has 2 aromatic rings. The molecule has 1 aromatic carbocycles. The second kappa shape index (κ2) is 20.6. The SMILES string of the molecule is CC(=O)N[C@H]1CSSC[C@@H](C(N)=O)NC(=O)[C@@H](CCC(=O)O)NC(=O)[C@@H](Cc2c[nH]c3ccccc23)NC(=O)[C@H](CC(C)C)NC(=O)[C@@H](C(C)C)NC1=O. The van der Waals surface area contributed by atoms with E-state index in [2.05, 4.69) is 36.9 Å². The number of carbonyl (C=O) groups is 8. The van der Waals surface area contributed by atoms with Gasteiger partial charge in [0, 0.05) is 48.4 Å². The van der Waals surface area contributed by atoms with Crippen molar-refractivity contribution in [2.45, 2.75) is 96.6 Å². The largest absolute Gasteiger partial charge is 0.481 e. The van der Waals surface area contributed by atoms with Crippen LogP contribution in [-0.2, 0) is 44.8 Å². The monoisotopic (exact) mass is 790 g/mol. The molecule has 7 amide bonds. The quantitative estimate of drug-likeness (QED) is 0.146. The van der Waals surface area contributed by atoms with E-state index < -0.39 is 95.9 Å². The van der Waals surface area contributed by atoms with Crippen molar-refractivity contribution in [3.63, 3.8) is 0 Å². The lowest BCUT2D eigenvalue weighted by molar-refractivity contribution is -0.138. The van der Waals surface area contributed by atoms with E-state index in [0.717, 1.165) is 32.5 Å². The smallest absolute Gasteiger partial charge is 0.303 e. The van der Waals surface area contributed by atoms with E-state index in [9.17, 15) is 43.5 Å². The Morgan fingerprint density at radius 2 is 1.44 bits per heavy atom. The minimum Gasteiger partial charge on any atom is -0.481 e. The Labute approximate surface area is 321 Å². The number of nitrogens with one attached hydrogen (secondary N) is 7. The Morgan fingerprint density at radius 1 is 0.833 bits per heavy atom. The van der Waals surface area contributed by atoms with Crippen LogP contribution < -0.4 is 37.6 Å². The van der Waals surface area contributed by atoms with Gasteiger partial charge in [0.2, 0.25) is 41.4 Å². The third-order valence-electron chi connectivity index (χ3n) is 8.51. The van der Waals surface area contributed by atoms with Crippen LogP contribution >= 0.6 is 21.6 Å². The molecule has 54 heavy (non-hydrogen) atoms. The van der Waals surface area contributed by atoms with Gasteiger partial charge in [-0.05, 0) is 36.3 Å². The number of hydrogen-bond acceptors (Lipinski definition) is 10. The van der Waals surface area contributed by atoms with Crippen LogP contribution in [0.5, 0.6) is 0 Å². The van der Waals surface area contributed by atoms with Gasteiger partial charge in [-0.15, -0.1) is 0 Å². The molecule has 0 unspecified atom stereocenters. The molecule has 1 aromatic heterocycles. The number of primary amides is 1. The molecule has 1 aliphatic rings. The second-order valence-corrected chi connectivity index (χ2v) is 16.4. The summed E-state index contributed by atoms with van der Waals surface area (Å²) in [5.74, 6) is -7.06. The molecule has 2 heterocycles. The maximum atomic E-state index is 14.1. The molecule has 17 nitrogen and oxygen atoms in total. The lowest BCUT2D eigenvalue weighted by atomic mass is 9.98. The molecular weight excluding hydrogens is 741 g/mol. The number of para-hydroxylation sites is 1. The minimum atomic E-state index is -1.45. The number of amides is 7. The molecule has 1 fully saturated rings. The van der Waals surface area contributed by atoms with Crippen molar-refractivity contribution in [1.29, 1.82) is 0 Å². The Bertz CT molecular complexity index is 1700. The van der Waals surface area contributed by atoms with E-state index >= 15 is 0 Å². The van der Waals surface area contributed by atoms with Gasteiger partial charge in [0.25, 0.3) is 0 Å². The third-order valence-corrected chi connectivity index (χ3v) is 10.9. The number of carboxylic acid groups (broad SMARTS) is 1. The van der Waals surface area contributed by atoms with Crippen LogP contribution in [0.1, 0.15) is 59.4 Å². The zero-order valence-electron chi connectivity index (χ0n) is 30.9. The highest BCUT2D eigenvalue weighted by Gasteiger charge is 2.35. The first kappa shape index (κ1) is 43.6. The van der Waals surface area contributed by atoms with Gasteiger partial charge in [0.1, 0.15) is 36.3 Å². The zero-order chi connectivity index (χ0) is 40.1. The van der Waals surface area contributed by atoms with Gasteiger partial charge in [0.05, 0.1) is 0 Å².